The smallest absolute Gasteiger partial charge is 0.146 e. The molecule has 0 bridgehead atoms. The monoisotopic (exact) mass is 217 g/mol. The number of rotatable bonds is 4. The Morgan fingerprint density at radius 3 is 2.88 bits per heavy atom. The van der Waals surface area contributed by atoms with Crippen LogP contribution in [-0.4, -0.2) is 0 Å². The van der Waals surface area contributed by atoms with E-state index in [1.54, 1.807) is 6.26 Å². The van der Waals surface area contributed by atoms with Gasteiger partial charge in [-0.2, -0.15) is 0 Å². The molecule has 1 heterocycles. The minimum atomic E-state index is 0.0205. The largest absolute Gasteiger partial charge is 0.486 e. The van der Waals surface area contributed by atoms with Gasteiger partial charge in [0.25, 0.3) is 0 Å². The molecule has 0 radical (unpaired) electrons. The van der Waals surface area contributed by atoms with E-state index in [1.807, 2.05) is 43.3 Å². The average molecular weight is 217 g/mol. The fourth-order valence-electron chi connectivity index (χ4n) is 1.44. The van der Waals surface area contributed by atoms with Crippen LogP contribution in [0.25, 0.3) is 0 Å². The number of benzene rings is 1. The molecule has 0 saturated carbocycles. The molecular weight excluding hydrogens is 202 g/mol. The molecule has 84 valence electrons. The Balaban J connectivity index is 2.01. The second-order valence-corrected chi connectivity index (χ2v) is 3.73. The third-order valence-electron chi connectivity index (χ3n) is 2.35. The summed E-state index contributed by atoms with van der Waals surface area (Å²) >= 11 is 0. The van der Waals surface area contributed by atoms with Crippen molar-refractivity contribution in [3.05, 3.63) is 54.0 Å². The second kappa shape index (κ2) is 4.86. The lowest BCUT2D eigenvalue weighted by molar-refractivity contribution is 0.270. The maximum Gasteiger partial charge on any atom is 0.146 e. The Bertz CT molecular complexity index is 435. The standard InChI is InChI=1S/C13H15NO2/c1-10(14)11-4-2-5-12(8-11)16-9-13-6-3-7-15-13/h2-8,10H,9,14H2,1H3. The zero-order valence-electron chi connectivity index (χ0n) is 9.22. The summed E-state index contributed by atoms with van der Waals surface area (Å²) in [5.41, 5.74) is 6.87. The van der Waals surface area contributed by atoms with Crippen molar-refractivity contribution in [3.8, 4) is 5.75 Å². The molecule has 0 spiro atoms. The van der Waals surface area contributed by atoms with Crippen molar-refractivity contribution < 1.29 is 9.15 Å². The highest BCUT2D eigenvalue weighted by atomic mass is 16.5. The fourth-order valence-corrected chi connectivity index (χ4v) is 1.44. The summed E-state index contributed by atoms with van der Waals surface area (Å²) in [4.78, 5) is 0. The molecular formula is C13H15NO2. The van der Waals surface area contributed by atoms with E-state index in [2.05, 4.69) is 0 Å². The Labute approximate surface area is 94.8 Å². The van der Waals surface area contributed by atoms with Crippen LogP contribution >= 0.6 is 0 Å². The van der Waals surface area contributed by atoms with Gasteiger partial charge in [-0.15, -0.1) is 0 Å². The van der Waals surface area contributed by atoms with Crippen molar-refractivity contribution in [1.29, 1.82) is 0 Å². The molecule has 0 amide bonds. The Morgan fingerprint density at radius 1 is 1.31 bits per heavy atom. The molecule has 16 heavy (non-hydrogen) atoms. The van der Waals surface area contributed by atoms with Gasteiger partial charge in [-0.25, -0.2) is 0 Å². The number of ether oxygens (including phenoxy) is 1. The van der Waals surface area contributed by atoms with E-state index in [4.69, 9.17) is 14.9 Å². The molecule has 1 aromatic carbocycles. The van der Waals surface area contributed by atoms with E-state index in [0.29, 0.717) is 6.61 Å². The van der Waals surface area contributed by atoms with Crippen LogP contribution in [0.2, 0.25) is 0 Å². The van der Waals surface area contributed by atoms with E-state index >= 15 is 0 Å². The van der Waals surface area contributed by atoms with E-state index in [-0.39, 0.29) is 6.04 Å². The molecule has 0 saturated heterocycles. The van der Waals surface area contributed by atoms with Crippen LogP contribution in [0.15, 0.2) is 47.1 Å². The van der Waals surface area contributed by atoms with Crippen molar-refractivity contribution in [2.24, 2.45) is 5.73 Å². The molecule has 2 rings (SSSR count). The quantitative estimate of drug-likeness (QED) is 0.856. The van der Waals surface area contributed by atoms with Gasteiger partial charge < -0.3 is 14.9 Å². The molecule has 2 N–H and O–H groups in total. The van der Waals surface area contributed by atoms with E-state index in [0.717, 1.165) is 17.1 Å². The molecule has 0 aliphatic rings. The van der Waals surface area contributed by atoms with Crippen molar-refractivity contribution in [3.63, 3.8) is 0 Å². The summed E-state index contributed by atoms with van der Waals surface area (Å²) in [7, 11) is 0. The van der Waals surface area contributed by atoms with Crippen LogP contribution in [0.4, 0.5) is 0 Å². The predicted molar refractivity (Wildman–Crippen MR) is 62.1 cm³/mol. The first kappa shape index (κ1) is 10.8. The molecule has 0 fully saturated rings. The van der Waals surface area contributed by atoms with Crippen LogP contribution in [0.3, 0.4) is 0 Å². The Hall–Kier alpha value is -1.74. The maximum atomic E-state index is 5.80. The van der Waals surface area contributed by atoms with Crippen molar-refractivity contribution >= 4 is 0 Å². The van der Waals surface area contributed by atoms with Gasteiger partial charge in [0.1, 0.15) is 18.1 Å². The summed E-state index contributed by atoms with van der Waals surface area (Å²) < 4.78 is 10.8. The summed E-state index contributed by atoms with van der Waals surface area (Å²) in [6.45, 7) is 2.39. The van der Waals surface area contributed by atoms with Crippen molar-refractivity contribution in [2.45, 2.75) is 19.6 Å². The van der Waals surface area contributed by atoms with Gasteiger partial charge in [-0.1, -0.05) is 12.1 Å². The number of hydrogen-bond acceptors (Lipinski definition) is 3. The van der Waals surface area contributed by atoms with Crippen molar-refractivity contribution in [1.82, 2.24) is 0 Å². The second-order valence-electron chi connectivity index (χ2n) is 3.73. The van der Waals surface area contributed by atoms with E-state index in [1.165, 1.54) is 0 Å². The number of hydrogen-bond donors (Lipinski definition) is 1. The first-order valence-electron chi connectivity index (χ1n) is 5.26. The van der Waals surface area contributed by atoms with Gasteiger partial charge in [-0.05, 0) is 36.8 Å². The SMILES string of the molecule is CC(N)c1cccc(OCc2ccco2)c1. The Morgan fingerprint density at radius 2 is 2.19 bits per heavy atom. The highest BCUT2D eigenvalue weighted by molar-refractivity contribution is 5.30. The Kier molecular flexibility index (Phi) is 3.27. The van der Waals surface area contributed by atoms with Gasteiger partial charge in [0, 0.05) is 6.04 Å². The molecule has 0 aliphatic heterocycles. The molecule has 2 aromatic rings. The third-order valence-corrected chi connectivity index (χ3v) is 2.35. The first-order chi connectivity index (χ1) is 7.75. The van der Waals surface area contributed by atoms with Gasteiger partial charge in [-0.3, -0.25) is 0 Å². The molecule has 3 heteroatoms. The summed E-state index contributed by atoms with van der Waals surface area (Å²) in [6, 6.07) is 11.5. The third kappa shape index (κ3) is 2.64. The molecule has 1 aromatic heterocycles. The van der Waals surface area contributed by atoms with Gasteiger partial charge >= 0.3 is 0 Å². The van der Waals surface area contributed by atoms with Crippen LogP contribution < -0.4 is 10.5 Å². The van der Waals surface area contributed by atoms with E-state index < -0.39 is 0 Å². The molecule has 3 nitrogen and oxygen atoms in total. The molecule has 1 atom stereocenters. The van der Waals surface area contributed by atoms with Gasteiger partial charge in [0.15, 0.2) is 0 Å². The van der Waals surface area contributed by atoms with Crippen molar-refractivity contribution in [2.75, 3.05) is 0 Å². The summed E-state index contributed by atoms with van der Waals surface area (Å²) in [5, 5.41) is 0. The molecule has 0 aliphatic carbocycles. The fraction of sp³-hybridized carbons (Fsp3) is 0.231. The lowest BCUT2D eigenvalue weighted by Gasteiger charge is -2.08. The average Bonchev–Trinajstić information content (AvgIpc) is 2.79. The molecule has 1 unspecified atom stereocenters. The number of furan rings is 1. The highest BCUT2D eigenvalue weighted by Gasteiger charge is 2.02. The highest BCUT2D eigenvalue weighted by Crippen LogP contribution is 2.18. The van der Waals surface area contributed by atoms with Crippen LogP contribution in [-0.2, 0) is 6.61 Å². The van der Waals surface area contributed by atoms with Crippen LogP contribution in [0.5, 0.6) is 5.75 Å². The van der Waals surface area contributed by atoms with Crippen LogP contribution in [0.1, 0.15) is 24.3 Å². The van der Waals surface area contributed by atoms with E-state index in [9.17, 15) is 0 Å². The zero-order chi connectivity index (χ0) is 11.4. The first-order valence-corrected chi connectivity index (χ1v) is 5.26. The zero-order valence-corrected chi connectivity index (χ0v) is 9.22. The minimum absolute atomic E-state index is 0.0205. The number of nitrogens with two attached hydrogens (primary N) is 1. The summed E-state index contributed by atoms with van der Waals surface area (Å²) in [5.74, 6) is 1.62. The normalized spacial score (nSPS) is 12.4. The summed E-state index contributed by atoms with van der Waals surface area (Å²) in [6.07, 6.45) is 1.64. The maximum absolute atomic E-state index is 5.80. The van der Waals surface area contributed by atoms with Gasteiger partial charge in [0.05, 0.1) is 6.26 Å². The van der Waals surface area contributed by atoms with Crippen LogP contribution in [0, 0.1) is 0 Å². The predicted octanol–water partition coefficient (Wildman–Crippen LogP) is 2.88. The lowest BCUT2D eigenvalue weighted by Crippen LogP contribution is -2.05. The topological polar surface area (TPSA) is 48.4 Å². The van der Waals surface area contributed by atoms with Gasteiger partial charge in [0.2, 0.25) is 0 Å². The lowest BCUT2D eigenvalue weighted by atomic mass is 10.1. The minimum Gasteiger partial charge on any atom is -0.486 e.